The average molecular weight is 292 g/mol. The van der Waals surface area contributed by atoms with Gasteiger partial charge in [0, 0.05) is 18.2 Å². The fraction of sp³-hybridized carbons (Fsp3) is 0.467. The molecule has 0 bridgehead atoms. The fourth-order valence-corrected chi connectivity index (χ4v) is 2.08. The molecule has 1 aromatic carbocycles. The van der Waals surface area contributed by atoms with Gasteiger partial charge in [-0.2, -0.15) is 0 Å². The van der Waals surface area contributed by atoms with E-state index >= 15 is 0 Å². The summed E-state index contributed by atoms with van der Waals surface area (Å²) in [6.45, 7) is 5.32. The zero-order valence-electron chi connectivity index (χ0n) is 12.6. The minimum Gasteiger partial charge on any atom is -0.497 e. The predicted octanol–water partition coefficient (Wildman–Crippen LogP) is 2.08. The number of alkyl carbamates (subject to hydrolysis) is 1. The summed E-state index contributed by atoms with van der Waals surface area (Å²) < 4.78 is 10.3. The van der Waals surface area contributed by atoms with Crippen molar-refractivity contribution in [2.24, 2.45) is 0 Å². The molecule has 0 fully saturated rings. The van der Waals surface area contributed by atoms with Crippen molar-refractivity contribution in [3.8, 4) is 5.75 Å². The zero-order valence-corrected chi connectivity index (χ0v) is 12.6. The van der Waals surface area contributed by atoms with E-state index in [4.69, 9.17) is 9.47 Å². The van der Waals surface area contributed by atoms with Crippen molar-refractivity contribution in [3.63, 3.8) is 0 Å². The Labute approximate surface area is 123 Å². The molecule has 21 heavy (non-hydrogen) atoms. The van der Waals surface area contributed by atoms with Gasteiger partial charge in [-0.1, -0.05) is 6.07 Å². The number of nitrogens with one attached hydrogen (secondary N) is 2. The van der Waals surface area contributed by atoms with Crippen LogP contribution in [0.25, 0.3) is 0 Å². The molecule has 6 nitrogen and oxygen atoms in total. The van der Waals surface area contributed by atoms with E-state index in [1.54, 1.807) is 33.9 Å². The number of anilines is 1. The van der Waals surface area contributed by atoms with E-state index in [1.807, 2.05) is 12.1 Å². The van der Waals surface area contributed by atoms with Crippen molar-refractivity contribution in [3.05, 3.63) is 23.8 Å². The van der Waals surface area contributed by atoms with E-state index in [1.165, 1.54) is 0 Å². The Morgan fingerprint density at radius 3 is 2.71 bits per heavy atom. The third-order valence-electron chi connectivity index (χ3n) is 3.01. The van der Waals surface area contributed by atoms with Gasteiger partial charge in [0.1, 0.15) is 17.4 Å². The van der Waals surface area contributed by atoms with Gasteiger partial charge in [-0.3, -0.25) is 4.79 Å². The van der Waals surface area contributed by atoms with E-state index in [0.29, 0.717) is 17.9 Å². The van der Waals surface area contributed by atoms with Crippen molar-refractivity contribution in [2.45, 2.75) is 38.8 Å². The smallest absolute Gasteiger partial charge is 0.408 e. The van der Waals surface area contributed by atoms with Gasteiger partial charge in [0.15, 0.2) is 0 Å². The Hall–Kier alpha value is -2.24. The summed E-state index contributed by atoms with van der Waals surface area (Å²) in [4.78, 5) is 23.8. The van der Waals surface area contributed by atoms with Gasteiger partial charge >= 0.3 is 6.09 Å². The van der Waals surface area contributed by atoms with E-state index in [2.05, 4.69) is 10.6 Å². The molecule has 0 unspecified atom stereocenters. The van der Waals surface area contributed by atoms with Crippen LogP contribution in [0.5, 0.6) is 5.75 Å². The first-order valence-corrected chi connectivity index (χ1v) is 6.76. The second kappa shape index (κ2) is 5.63. The highest BCUT2D eigenvalue weighted by Gasteiger charge is 2.29. The Morgan fingerprint density at radius 1 is 1.38 bits per heavy atom. The molecule has 0 aromatic heterocycles. The summed E-state index contributed by atoms with van der Waals surface area (Å²) in [5.74, 6) is 0.411. The standard InChI is InChI=1S/C15H20N2O4/c1-15(2,3)21-14(19)17-12-7-9-5-6-10(20-4)8-11(9)16-13(12)18/h5-6,8,12H,7H2,1-4H3,(H,16,18)(H,17,19)/t12-/m1/s1. The Bertz CT molecular complexity index is 563. The van der Waals surface area contributed by atoms with Crippen molar-refractivity contribution >= 4 is 17.7 Å². The highest BCUT2D eigenvalue weighted by atomic mass is 16.6. The molecular formula is C15H20N2O4. The number of methoxy groups -OCH3 is 1. The summed E-state index contributed by atoms with van der Waals surface area (Å²) in [7, 11) is 1.57. The van der Waals surface area contributed by atoms with Crippen LogP contribution in [0.4, 0.5) is 10.5 Å². The number of hydrogen-bond acceptors (Lipinski definition) is 4. The summed E-state index contributed by atoms with van der Waals surface area (Å²) in [6.07, 6.45) is -0.177. The summed E-state index contributed by atoms with van der Waals surface area (Å²) in [5.41, 5.74) is 1.05. The number of carbonyl (C=O) groups excluding carboxylic acids is 2. The Balaban J connectivity index is 2.07. The van der Waals surface area contributed by atoms with Crippen LogP contribution in [0.3, 0.4) is 0 Å². The first-order chi connectivity index (χ1) is 9.78. The van der Waals surface area contributed by atoms with Crippen LogP contribution in [-0.2, 0) is 16.0 Å². The maximum atomic E-state index is 12.0. The van der Waals surface area contributed by atoms with Crippen LogP contribution in [0.1, 0.15) is 26.3 Å². The number of hydrogen-bond donors (Lipinski definition) is 2. The van der Waals surface area contributed by atoms with Gasteiger partial charge in [0.2, 0.25) is 5.91 Å². The van der Waals surface area contributed by atoms with Crippen LogP contribution in [-0.4, -0.2) is 30.8 Å². The second-order valence-corrected chi connectivity index (χ2v) is 5.92. The van der Waals surface area contributed by atoms with Gasteiger partial charge in [0.05, 0.1) is 7.11 Å². The van der Waals surface area contributed by atoms with E-state index < -0.39 is 17.7 Å². The van der Waals surface area contributed by atoms with Crippen LogP contribution in [0.2, 0.25) is 0 Å². The van der Waals surface area contributed by atoms with Crippen molar-refractivity contribution in [1.82, 2.24) is 5.32 Å². The number of amides is 2. The largest absolute Gasteiger partial charge is 0.497 e. The molecule has 1 atom stereocenters. The van der Waals surface area contributed by atoms with Crippen molar-refractivity contribution < 1.29 is 19.1 Å². The lowest BCUT2D eigenvalue weighted by Crippen LogP contribution is -2.49. The third-order valence-corrected chi connectivity index (χ3v) is 3.01. The van der Waals surface area contributed by atoms with Gasteiger partial charge < -0.3 is 20.1 Å². The van der Waals surface area contributed by atoms with Gasteiger partial charge in [-0.05, 0) is 32.4 Å². The first-order valence-electron chi connectivity index (χ1n) is 6.76. The minimum absolute atomic E-state index is 0.262. The number of ether oxygens (including phenoxy) is 2. The molecule has 0 spiro atoms. The highest BCUT2D eigenvalue weighted by molar-refractivity contribution is 5.99. The van der Waals surface area contributed by atoms with E-state index in [9.17, 15) is 9.59 Å². The first kappa shape index (κ1) is 15.2. The lowest BCUT2D eigenvalue weighted by Gasteiger charge is -2.27. The monoisotopic (exact) mass is 292 g/mol. The highest BCUT2D eigenvalue weighted by Crippen LogP contribution is 2.27. The number of carbonyl (C=O) groups is 2. The summed E-state index contributed by atoms with van der Waals surface area (Å²) in [6, 6.07) is 4.82. The average Bonchev–Trinajstić information content (AvgIpc) is 2.37. The normalized spacial score (nSPS) is 17.5. The fourth-order valence-electron chi connectivity index (χ4n) is 2.08. The van der Waals surface area contributed by atoms with Gasteiger partial charge in [0.25, 0.3) is 0 Å². The van der Waals surface area contributed by atoms with Crippen molar-refractivity contribution in [2.75, 3.05) is 12.4 Å². The maximum absolute atomic E-state index is 12.0. The summed E-state index contributed by atoms with van der Waals surface area (Å²) in [5, 5.41) is 5.35. The van der Waals surface area contributed by atoms with E-state index in [0.717, 1.165) is 5.56 Å². The molecule has 1 heterocycles. The van der Waals surface area contributed by atoms with E-state index in [-0.39, 0.29) is 5.91 Å². The third kappa shape index (κ3) is 3.87. The van der Waals surface area contributed by atoms with Crippen LogP contribution in [0.15, 0.2) is 18.2 Å². The molecule has 0 saturated heterocycles. The van der Waals surface area contributed by atoms with Crippen LogP contribution in [0, 0.1) is 0 Å². The Morgan fingerprint density at radius 2 is 2.10 bits per heavy atom. The van der Waals surface area contributed by atoms with Gasteiger partial charge in [-0.15, -0.1) is 0 Å². The lowest BCUT2D eigenvalue weighted by molar-refractivity contribution is -0.118. The zero-order chi connectivity index (χ0) is 15.6. The molecule has 0 radical (unpaired) electrons. The molecule has 1 aromatic rings. The summed E-state index contributed by atoms with van der Waals surface area (Å²) >= 11 is 0. The molecule has 6 heteroatoms. The predicted molar refractivity (Wildman–Crippen MR) is 78.5 cm³/mol. The minimum atomic E-state index is -0.638. The molecule has 114 valence electrons. The quantitative estimate of drug-likeness (QED) is 0.875. The Kier molecular flexibility index (Phi) is 4.06. The maximum Gasteiger partial charge on any atom is 0.408 e. The number of fused-ring (bicyclic) bond motifs is 1. The molecule has 0 saturated carbocycles. The molecule has 2 rings (SSSR count). The topological polar surface area (TPSA) is 76.7 Å². The van der Waals surface area contributed by atoms with Gasteiger partial charge in [-0.25, -0.2) is 4.79 Å². The SMILES string of the molecule is COc1ccc2c(c1)NC(=O)[C@H](NC(=O)OC(C)(C)C)C2. The second-order valence-electron chi connectivity index (χ2n) is 5.92. The van der Waals surface area contributed by atoms with Crippen LogP contribution >= 0.6 is 0 Å². The van der Waals surface area contributed by atoms with Crippen LogP contribution < -0.4 is 15.4 Å². The van der Waals surface area contributed by atoms with Crippen molar-refractivity contribution in [1.29, 1.82) is 0 Å². The lowest BCUT2D eigenvalue weighted by atomic mass is 9.99. The molecule has 1 aliphatic rings. The molecule has 0 aliphatic carbocycles. The molecule has 2 N–H and O–H groups in total. The molecule has 1 aliphatic heterocycles. The molecular weight excluding hydrogens is 272 g/mol. The molecule has 2 amide bonds. The number of benzene rings is 1. The number of rotatable bonds is 2.